The van der Waals surface area contributed by atoms with Crippen molar-refractivity contribution in [2.24, 2.45) is 0 Å². The molecule has 1 heterocycles. The zero-order valence-electron chi connectivity index (χ0n) is 14.3. The van der Waals surface area contributed by atoms with Gasteiger partial charge in [0.05, 0.1) is 24.4 Å². The zero-order valence-corrected chi connectivity index (χ0v) is 15.1. The van der Waals surface area contributed by atoms with Gasteiger partial charge in [-0.2, -0.15) is 0 Å². The molecule has 2 aromatic carbocycles. The van der Waals surface area contributed by atoms with E-state index in [0.717, 1.165) is 0 Å². The highest BCUT2D eigenvalue weighted by Gasteiger charge is 2.31. The Balaban J connectivity index is 1.99. The van der Waals surface area contributed by atoms with Gasteiger partial charge >= 0.3 is 0 Å². The minimum Gasteiger partial charge on any atom is -0.495 e. The second kappa shape index (κ2) is 7.53. The minimum absolute atomic E-state index is 0.338. The number of anilines is 1. The van der Waals surface area contributed by atoms with E-state index in [2.05, 4.69) is 16.0 Å². The molecule has 1 aliphatic rings. The molecule has 0 saturated carbocycles. The third-order valence-electron chi connectivity index (χ3n) is 4.09. The van der Waals surface area contributed by atoms with Gasteiger partial charge in [-0.05, 0) is 37.3 Å². The van der Waals surface area contributed by atoms with Crippen LogP contribution in [0.4, 0.5) is 10.1 Å². The highest BCUT2D eigenvalue weighted by molar-refractivity contribution is 7.80. The molecule has 0 radical (unpaired) electrons. The molecule has 7 heteroatoms. The van der Waals surface area contributed by atoms with Crippen LogP contribution in [0.3, 0.4) is 0 Å². The average molecular weight is 371 g/mol. The molecule has 0 bridgehead atoms. The highest BCUT2D eigenvalue weighted by Crippen LogP contribution is 2.31. The number of halogens is 1. The van der Waals surface area contributed by atoms with Crippen LogP contribution in [0.1, 0.15) is 18.5 Å². The molecule has 26 heavy (non-hydrogen) atoms. The Morgan fingerprint density at radius 1 is 1.19 bits per heavy atom. The maximum Gasteiger partial charge on any atom is 0.255 e. The fourth-order valence-electron chi connectivity index (χ4n) is 2.87. The summed E-state index contributed by atoms with van der Waals surface area (Å²) >= 11 is 5.18. The summed E-state index contributed by atoms with van der Waals surface area (Å²) in [4.78, 5) is 13.0. The van der Waals surface area contributed by atoms with E-state index in [9.17, 15) is 9.18 Å². The van der Waals surface area contributed by atoms with Crippen LogP contribution >= 0.6 is 12.2 Å². The molecule has 1 atom stereocenters. The molecule has 1 aliphatic heterocycles. The van der Waals surface area contributed by atoms with E-state index in [1.54, 1.807) is 43.3 Å². The van der Waals surface area contributed by atoms with E-state index >= 15 is 0 Å². The van der Waals surface area contributed by atoms with Crippen LogP contribution in [0, 0.1) is 5.82 Å². The van der Waals surface area contributed by atoms with Crippen molar-refractivity contribution >= 4 is 28.9 Å². The quantitative estimate of drug-likeness (QED) is 0.720. The van der Waals surface area contributed by atoms with Crippen molar-refractivity contribution in [2.75, 3.05) is 12.4 Å². The molecule has 0 aliphatic carbocycles. The topological polar surface area (TPSA) is 62.4 Å². The number of nitrogens with one attached hydrogen (secondary N) is 3. The van der Waals surface area contributed by atoms with E-state index in [-0.39, 0.29) is 5.91 Å². The van der Waals surface area contributed by atoms with E-state index in [1.165, 1.54) is 13.2 Å². The average Bonchev–Trinajstić information content (AvgIpc) is 2.61. The van der Waals surface area contributed by atoms with Gasteiger partial charge in [0.15, 0.2) is 5.11 Å². The second-order valence-corrected chi connectivity index (χ2v) is 6.15. The molecule has 1 amide bonds. The number of para-hydroxylation sites is 2. The SMILES string of the molecule is COc1ccccc1NC(=O)C1=C(C)NC(=S)NC1c1ccccc1F. The number of amides is 1. The van der Waals surface area contributed by atoms with E-state index < -0.39 is 11.9 Å². The summed E-state index contributed by atoms with van der Waals surface area (Å²) in [5, 5.41) is 9.07. The first kappa shape index (κ1) is 17.9. The molecule has 0 spiro atoms. The number of thiocarbonyl (C=S) groups is 1. The van der Waals surface area contributed by atoms with Crippen molar-refractivity contribution in [1.82, 2.24) is 10.6 Å². The number of benzene rings is 2. The lowest BCUT2D eigenvalue weighted by Gasteiger charge is -2.30. The number of allylic oxidation sites excluding steroid dienone is 1. The standard InChI is InChI=1S/C19H18FN3O2S/c1-11-16(18(24)22-14-9-5-6-10-15(14)25-2)17(23-19(26)21-11)12-7-3-4-8-13(12)20/h3-10,17H,1-2H3,(H,22,24)(H2,21,23,26). The zero-order chi connectivity index (χ0) is 18.7. The first-order valence-electron chi connectivity index (χ1n) is 7.98. The Bertz CT molecular complexity index is 898. The minimum atomic E-state index is -0.695. The summed E-state index contributed by atoms with van der Waals surface area (Å²) in [6.07, 6.45) is 0. The van der Waals surface area contributed by atoms with E-state index in [1.807, 2.05) is 6.07 Å². The lowest BCUT2D eigenvalue weighted by molar-refractivity contribution is -0.113. The summed E-state index contributed by atoms with van der Waals surface area (Å²) in [6, 6.07) is 12.7. The molecule has 2 aromatic rings. The summed E-state index contributed by atoms with van der Waals surface area (Å²) in [6.45, 7) is 1.73. The second-order valence-electron chi connectivity index (χ2n) is 5.75. The lowest BCUT2D eigenvalue weighted by Crippen LogP contribution is -2.46. The number of ether oxygens (including phenoxy) is 1. The number of carbonyl (C=O) groups excluding carboxylic acids is 1. The fraction of sp³-hybridized carbons (Fsp3) is 0.158. The molecular formula is C19H18FN3O2S. The third kappa shape index (κ3) is 3.52. The largest absolute Gasteiger partial charge is 0.495 e. The van der Waals surface area contributed by atoms with E-state index in [0.29, 0.717) is 33.4 Å². The maximum atomic E-state index is 14.3. The molecule has 3 rings (SSSR count). The molecule has 134 valence electrons. The van der Waals surface area contributed by atoms with Crippen LogP contribution in [0.5, 0.6) is 5.75 Å². The van der Waals surface area contributed by atoms with Gasteiger partial charge in [0.25, 0.3) is 5.91 Å². The van der Waals surface area contributed by atoms with Crippen LogP contribution < -0.4 is 20.7 Å². The van der Waals surface area contributed by atoms with Crippen molar-refractivity contribution in [3.63, 3.8) is 0 Å². The molecule has 3 N–H and O–H groups in total. The molecule has 0 saturated heterocycles. The van der Waals surface area contributed by atoms with Crippen molar-refractivity contribution in [2.45, 2.75) is 13.0 Å². The van der Waals surface area contributed by atoms with Crippen LogP contribution in [0.25, 0.3) is 0 Å². The van der Waals surface area contributed by atoms with Gasteiger partial charge in [0.1, 0.15) is 11.6 Å². The Morgan fingerprint density at radius 2 is 1.88 bits per heavy atom. The Hall–Kier alpha value is -2.93. The monoisotopic (exact) mass is 371 g/mol. The first-order chi connectivity index (χ1) is 12.5. The van der Waals surface area contributed by atoms with Crippen LogP contribution in [-0.4, -0.2) is 18.1 Å². The smallest absolute Gasteiger partial charge is 0.255 e. The summed E-state index contributed by atoms with van der Waals surface area (Å²) in [5.41, 5.74) is 1.80. The Kier molecular flexibility index (Phi) is 5.18. The Labute approximate surface area is 156 Å². The predicted octanol–water partition coefficient (Wildman–Crippen LogP) is 3.27. The van der Waals surface area contributed by atoms with Gasteiger partial charge in [0.2, 0.25) is 0 Å². The lowest BCUT2D eigenvalue weighted by atomic mass is 9.94. The number of carbonyl (C=O) groups is 1. The van der Waals surface area contributed by atoms with Crippen molar-refractivity contribution in [3.8, 4) is 5.75 Å². The molecule has 0 aromatic heterocycles. The third-order valence-corrected chi connectivity index (χ3v) is 4.31. The highest BCUT2D eigenvalue weighted by atomic mass is 32.1. The van der Waals surface area contributed by atoms with Gasteiger partial charge in [-0.3, -0.25) is 4.79 Å². The predicted molar refractivity (Wildman–Crippen MR) is 102 cm³/mol. The first-order valence-corrected chi connectivity index (χ1v) is 8.39. The molecular weight excluding hydrogens is 353 g/mol. The van der Waals surface area contributed by atoms with Crippen molar-refractivity contribution in [3.05, 3.63) is 71.2 Å². The molecule has 5 nitrogen and oxygen atoms in total. The van der Waals surface area contributed by atoms with Crippen molar-refractivity contribution < 1.29 is 13.9 Å². The Morgan fingerprint density at radius 3 is 2.62 bits per heavy atom. The molecule has 0 fully saturated rings. The van der Waals surface area contributed by atoms with Crippen LogP contribution in [0.2, 0.25) is 0 Å². The maximum absolute atomic E-state index is 14.3. The van der Waals surface area contributed by atoms with Crippen LogP contribution in [-0.2, 0) is 4.79 Å². The van der Waals surface area contributed by atoms with Gasteiger partial charge < -0.3 is 20.7 Å². The number of rotatable bonds is 4. The van der Waals surface area contributed by atoms with Crippen LogP contribution in [0.15, 0.2) is 59.8 Å². The van der Waals surface area contributed by atoms with Gasteiger partial charge in [-0.15, -0.1) is 0 Å². The summed E-state index contributed by atoms with van der Waals surface area (Å²) in [7, 11) is 1.53. The normalized spacial score (nSPS) is 16.6. The van der Waals surface area contributed by atoms with Gasteiger partial charge in [-0.1, -0.05) is 30.3 Å². The fourth-order valence-corrected chi connectivity index (χ4v) is 3.15. The number of hydrogen-bond donors (Lipinski definition) is 3. The summed E-state index contributed by atoms with van der Waals surface area (Å²) < 4.78 is 19.6. The summed E-state index contributed by atoms with van der Waals surface area (Å²) in [5.74, 6) is -0.248. The van der Waals surface area contributed by atoms with E-state index in [4.69, 9.17) is 17.0 Å². The molecule has 1 unspecified atom stereocenters. The van der Waals surface area contributed by atoms with Crippen molar-refractivity contribution in [1.29, 1.82) is 0 Å². The number of methoxy groups -OCH3 is 1. The van der Waals surface area contributed by atoms with Gasteiger partial charge in [0, 0.05) is 11.3 Å². The van der Waals surface area contributed by atoms with Gasteiger partial charge in [-0.25, -0.2) is 4.39 Å². The number of hydrogen-bond acceptors (Lipinski definition) is 3.